The average Bonchev–Trinajstić information content (AvgIpc) is 3.16. The number of nitrogens with one attached hydrogen (secondary N) is 1. The number of hydrogen-bond donors (Lipinski definition) is 2. The molecule has 1 aliphatic heterocycles. The van der Waals surface area contributed by atoms with E-state index in [2.05, 4.69) is 5.32 Å². The quantitative estimate of drug-likeness (QED) is 0.870. The van der Waals surface area contributed by atoms with Gasteiger partial charge in [0.15, 0.2) is 0 Å². The molecule has 0 unspecified atom stereocenters. The fourth-order valence-electron chi connectivity index (χ4n) is 2.84. The Balaban J connectivity index is 1.80. The van der Waals surface area contributed by atoms with Crippen molar-refractivity contribution in [2.45, 2.75) is 31.3 Å². The summed E-state index contributed by atoms with van der Waals surface area (Å²) < 4.78 is 13.4. The van der Waals surface area contributed by atoms with Crippen molar-refractivity contribution in [2.24, 2.45) is 5.73 Å². The molecule has 1 saturated carbocycles. The number of nitrogens with zero attached hydrogens (tertiary/aromatic N) is 1. The second kappa shape index (κ2) is 4.87. The van der Waals surface area contributed by atoms with Gasteiger partial charge in [0.05, 0.1) is 0 Å². The van der Waals surface area contributed by atoms with Crippen molar-refractivity contribution in [3.63, 3.8) is 0 Å². The van der Waals surface area contributed by atoms with Gasteiger partial charge in [0.1, 0.15) is 11.4 Å². The fourth-order valence-corrected chi connectivity index (χ4v) is 3.16. The zero-order valence-electron chi connectivity index (χ0n) is 11.3. The number of benzene rings is 1. The highest BCUT2D eigenvalue weighted by Gasteiger charge is 2.53. The van der Waals surface area contributed by atoms with Gasteiger partial charge in [0, 0.05) is 18.1 Å². The Bertz CT molecular complexity index is 631. The van der Waals surface area contributed by atoms with Crippen LogP contribution in [0.2, 0.25) is 5.02 Å². The molecule has 112 valence electrons. The topological polar surface area (TPSA) is 75.4 Å². The Labute approximate surface area is 126 Å². The summed E-state index contributed by atoms with van der Waals surface area (Å²) in [5.74, 6) is -0.572. The van der Waals surface area contributed by atoms with Crippen LogP contribution in [0.4, 0.5) is 9.18 Å². The Morgan fingerprint density at radius 3 is 2.71 bits per heavy atom. The molecule has 0 aromatic heterocycles. The monoisotopic (exact) mass is 311 g/mol. The number of urea groups is 1. The minimum atomic E-state index is -0.861. The van der Waals surface area contributed by atoms with Crippen LogP contribution in [0.5, 0.6) is 0 Å². The lowest BCUT2D eigenvalue weighted by molar-refractivity contribution is -0.135. The summed E-state index contributed by atoms with van der Waals surface area (Å²) in [4.78, 5) is 25.2. The van der Waals surface area contributed by atoms with E-state index < -0.39 is 17.4 Å². The average molecular weight is 312 g/mol. The highest BCUT2D eigenvalue weighted by atomic mass is 35.5. The van der Waals surface area contributed by atoms with Gasteiger partial charge in [-0.15, -0.1) is 0 Å². The highest BCUT2D eigenvalue weighted by Crippen LogP contribution is 2.38. The second-order valence-corrected chi connectivity index (χ2v) is 5.98. The van der Waals surface area contributed by atoms with E-state index in [1.165, 1.54) is 12.1 Å². The summed E-state index contributed by atoms with van der Waals surface area (Å²) >= 11 is 6.03. The molecule has 7 heteroatoms. The van der Waals surface area contributed by atoms with Gasteiger partial charge >= 0.3 is 6.03 Å². The Morgan fingerprint density at radius 2 is 2.10 bits per heavy atom. The van der Waals surface area contributed by atoms with Gasteiger partial charge in [-0.1, -0.05) is 11.6 Å². The summed E-state index contributed by atoms with van der Waals surface area (Å²) in [5.41, 5.74) is 5.85. The number of primary amides is 1. The third-order valence-electron chi connectivity index (χ3n) is 4.05. The SMILES string of the molecule is NC(=O)NC1(C(=O)N2CCc3c(Cl)cc(F)cc3C2)CC1. The minimum Gasteiger partial charge on any atom is -0.352 e. The Hall–Kier alpha value is -1.82. The predicted octanol–water partition coefficient (Wildman–Crippen LogP) is 1.56. The van der Waals surface area contributed by atoms with Crippen molar-refractivity contribution >= 4 is 23.5 Å². The number of hydrogen-bond acceptors (Lipinski definition) is 2. The van der Waals surface area contributed by atoms with Gasteiger partial charge in [-0.2, -0.15) is 0 Å². The molecule has 1 fully saturated rings. The van der Waals surface area contributed by atoms with Gasteiger partial charge in [0.25, 0.3) is 0 Å². The van der Waals surface area contributed by atoms with Crippen molar-refractivity contribution < 1.29 is 14.0 Å². The molecule has 2 aliphatic rings. The maximum atomic E-state index is 13.4. The van der Waals surface area contributed by atoms with E-state index in [9.17, 15) is 14.0 Å². The molecule has 1 aromatic carbocycles. The molecule has 0 saturated heterocycles. The third-order valence-corrected chi connectivity index (χ3v) is 4.39. The maximum absolute atomic E-state index is 13.4. The Morgan fingerprint density at radius 1 is 1.38 bits per heavy atom. The minimum absolute atomic E-state index is 0.160. The van der Waals surface area contributed by atoms with Crippen molar-refractivity contribution in [1.29, 1.82) is 0 Å². The summed E-state index contributed by atoms with van der Waals surface area (Å²) in [5, 5.41) is 2.92. The normalized spacial score (nSPS) is 18.9. The van der Waals surface area contributed by atoms with Crippen molar-refractivity contribution in [1.82, 2.24) is 10.2 Å². The number of amides is 3. The molecule has 1 heterocycles. The molecule has 3 N–H and O–H groups in total. The van der Waals surface area contributed by atoms with E-state index in [0.29, 0.717) is 37.4 Å². The zero-order chi connectivity index (χ0) is 15.2. The molecule has 1 aromatic rings. The van der Waals surface area contributed by atoms with E-state index >= 15 is 0 Å². The Kier molecular flexibility index (Phi) is 3.28. The molecular weight excluding hydrogens is 297 g/mol. The number of carbonyl (C=O) groups excluding carboxylic acids is 2. The lowest BCUT2D eigenvalue weighted by Crippen LogP contribution is -2.53. The smallest absolute Gasteiger partial charge is 0.313 e. The lowest BCUT2D eigenvalue weighted by Gasteiger charge is -2.32. The van der Waals surface area contributed by atoms with Gasteiger partial charge in [-0.3, -0.25) is 4.79 Å². The van der Waals surface area contributed by atoms with Crippen LogP contribution in [0.3, 0.4) is 0 Å². The fraction of sp³-hybridized carbons (Fsp3) is 0.429. The molecule has 21 heavy (non-hydrogen) atoms. The number of halogens is 2. The van der Waals surface area contributed by atoms with Crippen LogP contribution < -0.4 is 11.1 Å². The van der Waals surface area contributed by atoms with E-state index in [1.54, 1.807) is 4.90 Å². The van der Waals surface area contributed by atoms with Crippen LogP contribution in [0.15, 0.2) is 12.1 Å². The summed E-state index contributed by atoms with van der Waals surface area (Å²) in [6.45, 7) is 0.799. The maximum Gasteiger partial charge on any atom is 0.313 e. The van der Waals surface area contributed by atoms with E-state index in [1.807, 2.05) is 0 Å². The molecule has 3 rings (SSSR count). The number of rotatable bonds is 2. The first-order chi connectivity index (χ1) is 9.91. The number of nitrogens with two attached hydrogens (primary N) is 1. The largest absolute Gasteiger partial charge is 0.352 e. The van der Waals surface area contributed by atoms with Crippen molar-refractivity contribution in [3.8, 4) is 0 Å². The zero-order valence-corrected chi connectivity index (χ0v) is 12.0. The van der Waals surface area contributed by atoms with E-state index in [-0.39, 0.29) is 5.91 Å². The lowest BCUT2D eigenvalue weighted by atomic mass is 9.98. The summed E-state index contributed by atoms with van der Waals surface area (Å²) in [6, 6.07) is 1.99. The number of carbonyl (C=O) groups is 2. The van der Waals surface area contributed by atoms with Crippen LogP contribution in [-0.2, 0) is 17.8 Å². The molecule has 0 bridgehead atoms. The van der Waals surface area contributed by atoms with Crippen LogP contribution in [-0.4, -0.2) is 28.9 Å². The highest BCUT2D eigenvalue weighted by molar-refractivity contribution is 6.31. The molecule has 5 nitrogen and oxygen atoms in total. The van der Waals surface area contributed by atoms with Crippen LogP contribution in [0, 0.1) is 5.82 Å². The van der Waals surface area contributed by atoms with Gasteiger partial charge in [0.2, 0.25) is 5.91 Å². The number of fused-ring (bicyclic) bond motifs is 1. The summed E-state index contributed by atoms with van der Waals surface area (Å²) in [6.07, 6.45) is 1.75. The molecule has 3 amide bonds. The third kappa shape index (κ3) is 2.55. The summed E-state index contributed by atoms with van der Waals surface area (Å²) in [7, 11) is 0. The van der Waals surface area contributed by atoms with Crippen LogP contribution in [0.1, 0.15) is 24.0 Å². The van der Waals surface area contributed by atoms with Gasteiger partial charge in [-0.05, 0) is 42.5 Å². The van der Waals surface area contributed by atoms with Crippen LogP contribution >= 0.6 is 11.6 Å². The van der Waals surface area contributed by atoms with Crippen molar-refractivity contribution in [2.75, 3.05) is 6.54 Å². The molecule has 0 radical (unpaired) electrons. The van der Waals surface area contributed by atoms with Crippen LogP contribution in [0.25, 0.3) is 0 Å². The first-order valence-corrected chi connectivity index (χ1v) is 7.13. The molecule has 1 aliphatic carbocycles. The second-order valence-electron chi connectivity index (χ2n) is 5.57. The van der Waals surface area contributed by atoms with E-state index in [4.69, 9.17) is 17.3 Å². The van der Waals surface area contributed by atoms with E-state index in [0.717, 1.165) is 11.1 Å². The first-order valence-electron chi connectivity index (χ1n) is 6.75. The predicted molar refractivity (Wildman–Crippen MR) is 75.2 cm³/mol. The standard InChI is InChI=1S/C14H15ClFN3O2/c15-11-6-9(16)5-8-7-19(4-1-10(8)11)12(20)14(2-3-14)18-13(17)21/h5-6H,1-4,7H2,(H3,17,18,21). The van der Waals surface area contributed by atoms with Gasteiger partial charge < -0.3 is 16.0 Å². The first kappa shape index (κ1) is 14.1. The molecule has 0 spiro atoms. The van der Waals surface area contributed by atoms with Crippen molar-refractivity contribution in [3.05, 3.63) is 34.1 Å². The van der Waals surface area contributed by atoms with Gasteiger partial charge in [-0.25, -0.2) is 9.18 Å². The molecule has 0 atom stereocenters. The molecular formula is C14H15ClFN3O2.